The van der Waals surface area contributed by atoms with E-state index in [0.29, 0.717) is 12.1 Å². The molecule has 0 spiro atoms. The van der Waals surface area contributed by atoms with Gasteiger partial charge in [-0.25, -0.2) is 0 Å². The van der Waals surface area contributed by atoms with Crippen LogP contribution < -0.4 is 5.32 Å². The molecule has 0 unspecified atom stereocenters. The fourth-order valence-corrected chi connectivity index (χ4v) is 4.25. The zero-order valence-electron chi connectivity index (χ0n) is 18.2. The highest BCUT2D eigenvalue weighted by atomic mass is 16.1. The van der Waals surface area contributed by atoms with Crippen LogP contribution in [0.3, 0.4) is 0 Å². The summed E-state index contributed by atoms with van der Waals surface area (Å²) in [5.41, 5.74) is 7.42. The van der Waals surface area contributed by atoms with Gasteiger partial charge in [0.15, 0.2) is 0 Å². The molecule has 34 heavy (non-hydrogen) atoms. The molecule has 0 aliphatic carbocycles. The predicted molar refractivity (Wildman–Crippen MR) is 135 cm³/mol. The molecule has 0 bridgehead atoms. The molecule has 0 atom stereocenters. The summed E-state index contributed by atoms with van der Waals surface area (Å²) in [7, 11) is 0. The molecule has 0 radical (unpaired) electrons. The number of pyridine rings is 1. The molecule has 6 nitrogen and oxygen atoms in total. The summed E-state index contributed by atoms with van der Waals surface area (Å²) in [6.45, 7) is 0. The van der Waals surface area contributed by atoms with Crippen LogP contribution in [0.25, 0.3) is 44.3 Å². The molecule has 164 valence electrons. The summed E-state index contributed by atoms with van der Waals surface area (Å²) < 4.78 is 0. The molecule has 6 rings (SSSR count). The van der Waals surface area contributed by atoms with Crippen LogP contribution in [0.2, 0.25) is 0 Å². The minimum Gasteiger partial charge on any atom is -0.353 e. The summed E-state index contributed by atoms with van der Waals surface area (Å²) in [5, 5.41) is 12.8. The molecule has 0 aliphatic heterocycles. The van der Waals surface area contributed by atoms with E-state index in [4.69, 9.17) is 0 Å². The molecule has 0 fully saturated rings. The van der Waals surface area contributed by atoms with E-state index in [0.717, 1.165) is 49.9 Å². The number of nitrogens with one attached hydrogen (secondary N) is 3. The van der Waals surface area contributed by atoms with Crippen molar-refractivity contribution < 1.29 is 4.79 Å². The molecule has 6 heteroatoms. The number of anilines is 1. The van der Waals surface area contributed by atoms with Gasteiger partial charge in [0.2, 0.25) is 5.91 Å². The number of para-hydroxylation sites is 1. The van der Waals surface area contributed by atoms with Crippen molar-refractivity contribution in [2.75, 3.05) is 5.32 Å². The van der Waals surface area contributed by atoms with Crippen molar-refractivity contribution >= 4 is 33.4 Å². The fraction of sp³-hybridized carbons (Fsp3) is 0.0357. The first-order valence-electron chi connectivity index (χ1n) is 11.1. The van der Waals surface area contributed by atoms with Crippen molar-refractivity contribution in [2.24, 2.45) is 0 Å². The SMILES string of the molecule is O=C(Cc1ccccc1)Nc1cncc(-c2ccc3[nH]nc(-c4cc5ccccc5[nH]4)c3c2)c1. The van der Waals surface area contributed by atoms with Crippen molar-refractivity contribution in [3.8, 4) is 22.5 Å². The number of benzene rings is 3. The fourth-order valence-electron chi connectivity index (χ4n) is 4.25. The van der Waals surface area contributed by atoms with Crippen LogP contribution in [-0.2, 0) is 11.2 Å². The summed E-state index contributed by atoms with van der Waals surface area (Å²) in [5.74, 6) is -0.0727. The maximum atomic E-state index is 12.5. The number of carbonyl (C=O) groups is 1. The molecule has 0 aliphatic rings. The Kier molecular flexibility index (Phi) is 4.88. The van der Waals surface area contributed by atoms with Gasteiger partial charge in [-0.3, -0.25) is 14.9 Å². The number of fused-ring (bicyclic) bond motifs is 2. The standard InChI is InChI=1S/C28H21N5O/c34-27(12-18-6-2-1-3-7-18)30-22-13-21(16-29-17-22)19-10-11-25-23(14-19)28(33-32-25)26-15-20-8-4-5-9-24(20)31-26/h1-11,13-17,31H,12H2,(H,30,34)(H,32,33). The monoisotopic (exact) mass is 443 g/mol. The zero-order chi connectivity index (χ0) is 22.9. The molecule has 6 aromatic rings. The Labute approximate surface area is 195 Å². The van der Waals surface area contributed by atoms with Crippen LogP contribution in [0.15, 0.2) is 97.3 Å². The first-order chi connectivity index (χ1) is 16.7. The third-order valence-electron chi connectivity index (χ3n) is 5.91. The van der Waals surface area contributed by atoms with Gasteiger partial charge in [0.05, 0.1) is 29.5 Å². The lowest BCUT2D eigenvalue weighted by Crippen LogP contribution is -2.14. The molecule has 0 saturated heterocycles. The highest BCUT2D eigenvalue weighted by Crippen LogP contribution is 2.32. The van der Waals surface area contributed by atoms with Gasteiger partial charge < -0.3 is 10.3 Å². The quantitative estimate of drug-likeness (QED) is 0.307. The van der Waals surface area contributed by atoms with Gasteiger partial charge >= 0.3 is 0 Å². The van der Waals surface area contributed by atoms with E-state index in [1.165, 1.54) is 0 Å². The molecule has 0 saturated carbocycles. The van der Waals surface area contributed by atoms with Gasteiger partial charge in [0, 0.05) is 28.0 Å². The van der Waals surface area contributed by atoms with Crippen molar-refractivity contribution in [2.45, 2.75) is 6.42 Å². The second-order valence-corrected chi connectivity index (χ2v) is 8.28. The topological polar surface area (TPSA) is 86.5 Å². The Bertz CT molecular complexity index is 1600. The number of rotatable bonds is 5. The largest absolute Gasteiger partial charge is 0.353 e. The lowest BCUT2D eigenvalue weighted by atomic mass is 10.0. The molecule has 1 amide bonds. The van der Waals surface area contributed by atoms with Crippen LogP contribution in [0.4, 0.5) is 5.69 Å². The van der Waals surface area contributed by atoms with Gasteiger partial charge in [-0.15, -0.1) is 0 Å². The summed E-state index contributed by atoms with van der Waals surface area (Å²) in [6.07, 6.45) is 3.79. The molecule has 3 N–H and O–H groups in total. The number of hydrogen-bond donors (Lipinski definition) is 3. The number of carbonyl (C=O) groups excluding carboxylic acids is 1. The second-order valence-electron chi connectivity index (χ2n) is 8.28. The van der Waals surface area contributed by atoms with Gasteiger partial charge in [-0.2, -0.15) is 5.10 Å². The highest BCUT2D eigenvalue weighted by molar-refractivity contribution is 5.98. The van der Waals surface area contributed by atoms with Crippen LogP contribution in [0.5, 0.6) is 0 Å². The maximum absolute atomic E-state index is 12.5. The summed E-state index contributed by atoms with van der Waals surface area (Å²) >= 11 is 0. The van der Waals surface area contributed by atoms with E-state index in [9.17, 15) is 4.79 Å². The van der Waals surface area contributed by atoms with Gasteiger partial charge in [-0.05, 0) is 41.5 Å². The number of nitrogens with zero attached hydrogens (tertiary/aromatic N) is 2. The average Bonchev–Trinajstić information content (AvgIpc) is 3.48. The van der Waals surface area contributed by atoms with E-state index in [1.807, 2.05) is 60.7 Å². The van der Waals surface area contributed by atoms with Crippen LogP contribution in [-0.4, -0.2) is 26.1 Å². The van der Waals surface area contributed by atoms with Crippen molar-refractivity contribution in [3.63, 3.8) is 0 Å². The third kappa shape index (κ3) is 3.82. The Morgan fingerprint density at radius 1 is 0.824 bits per heavy atom. The van der Waals surface area contributed by atoms with Gasteiger partial charge in [0.25, 0.3) is 0 Å². The lowest BCUT2D eigenvalue weighted by molar-refractivity contribution is -0.115. The normalized spacial score (nSPS) is 11.2. The van der Waals surface area contributed by atoms with E-state index >= 15 is 0 Å². The van der Waals surface area contributed by atoms with Crippen molar-refractivity contribution in [1.29, 1.82) is 0 Å². The predicted octanol–water partition coefficient (Wildman–Crippen LogP) is 5.95. The summed E-state index contributed by atoms with van der Waals surface area (Å²) in [4.78, 5) is 20.3. The van der Waals surface area contributed by atoms with Gasteiger partial charge in [0.1, 0.15) is 5.69 Å². The summed E-state index contributed by atoms with van der Waals surface area (Å²) in [6, 6.07) is 28.1. The Hall–Kier alpha value is -4.71. The maximum Gasteiger partial charge on any atom is 0.228 e. The number of aromatic amines is 2. The Morgan fingerprint density at radius 3 is 2.56 bits per heavy atom. The molecular weight excluding hydrogens is 422 g/mol. The number of H-pyrrole nitrogens is 2. The van der Waals surface area contributed by atoms with Crippen LogP contribution >= 0.6 is 0 Å². The number of amides is 1. The van der Waals surface area contributed by atoms with Crippen LogP contribution in [0, 0.1) is 0 Å². The Morgan fingerprint density at radius 2 is 1.68 bits per heavy atom. The first-order valence-corrected chi connectivity index (χ1v) is 11.1. The lowest BCUT2D eigenvalue weighted by Gasteiger charge is -2.08. The molecule has 3 aromatic heterocycles. The minimum atomic E-state index is -0.0727. The molecular formula is C28H21N5O. The highest BCUT2D eigenvalue weighted by Gasteiger charge is 2.13. The van der Waals surface area contributed by atoms with E-state index in [-0.39, 0.29) is 5.91 Å². The van der Waals surface area contributed by atoms with Crippen LogP contribution in [0.1, 0.15) is 5.56 Å². The second kappa shape index (κ2) is 8.33. The first kappa shape index (κ1) is 19.9. The van der Waals surface area contributed by atoms with E-state index < -0.39 is 0 Å². The molecule has 3 heterocycles. The van der Waals surface area contributed by atoms with Crippen molar-refractivity contribution in [3.05, 3.63) is 103 Å². The Balaban J connectivity index is 1.30. The molecule has 3 aromatic carbocycles. The van der Waals surface area contributed by atoms with E-state index in [1.54, 1.807) is 12.4 Å². The number of hydrogen-bond acceptors (Lipinski definition) is 3. The number of aromatic nitrogens is 4. The van der Waals surface area contributed by atoms with Gasteiger partial charge in [-0.1, -0.05) is 54.6 Å². The average molecular weight is 444 g/mol. The zero-order valence-corrected chi connectivity index (χ0v) is 18.2. The van der Waals surface area contributed by atoms with Crippen molar-refractivity contribution in [1.82, 2.24) is 20.2 Å². The van der Waals surface area contributed by atoms with E-state index in [2.05, 4.69) is 49.7 Å². The minimum absolute atomic E-state index is 0.0727. The smallest absolute Gasteiger partial charge is 0.228 e. The third-order valence-corrected chi connectivity index (χ3v) is 5.91.